The zero-order chi connectivity index (χ0) is 13.7. The Labute approximate surface area is 113 Å². The Morgan fingerprint density at radius 2 is 1.89 bits per heavy atom. The van der Waals surface area contributed by atoms with Gasteiger partial charge < -0.3 is 9.47 Å². The quantitative estimate of drug-likeness (QED) is 0.615. The first kappa shape index (κ1) is 13.2. The highest BCUT2D eigenvalue weighted by atomic mass is 16.5. The van der Waals surface area contributed by atoms with Crippen LogP contribution in [0.4, 0.5) is 0 Å². The van der Waals surface area contributed by atoms with Crippen molar-refractivity contribution < 1.29 is 14.3 Å². The molecule has 2 radical (unpaired) electrons. The number of hydrogen-bond donors (Lipinski definition) is 0. The van der Waals surface area contributed by atoms with Gasteiger partial charge in [0.05, 0.1) is 12.7 Å². The standard InChI is InChI=1S/C15H13BO3/c1-18-15(17)12-7-5-11(6-8-12)10-19-14-4-2-3-13(16)9-14/h2-9H,10H2,1H3. The molecule has 0 aliphatic rings. The minimum atomic E-state index is -0.344. The third-order valence-corrected chi connectivity index (χ3v) is 2.64. The van der Waals surface area contributed by atoms with Gasteiger partial charge in [0.1, 0.15) is 20.2 Å². The minimum absolute atomic E-state index is 0.344. The second-order valence-electron chi connectivity index (χ2n) is 4.05. The summed E-state index contributed by atoms with van der Waals surface area (Å²) in [7, 11) is 7.02. The van der Waals surface area contributed by atoms with Gasteiger partial charge in [0, 0.05) is 0 Å². The van der Waals surface area contributed by atoms with Crippen LogP contribution in [-0.4, -0.2) is 20.9 Å². The first-order chi connectivity index (χ1) is 9.19. The van der Waals surface area contributed by atoms with Crippen LogP contribution in [0.1, 0.15) is 15.9 Å². The SMILES string of the molecule is [B]c1cccc(OCc2ccc(C(=O)OC)cc2)c1. The van der Waals surface area contributed by atoms with E-state index in [-0.39, 0.29) is 5.97 Å². The zero-order valence-electron chi connectivity index (χ0n) is 10.6. The molecule has 0 unspecified atom stereocenters. The Morgan fingerprint density at radius 3 is 2.53 bits per heavy atom. The average molecular weight is 252 g/mol. The number of methoxy groups -OCH3 is 1. The lowest BCUT2D eigenvalue weighted by Crippen LogP contribution is -2.04. The van der Waals surface area contributed by atoms with Crippen LogP contribution in [-0.2, 0) is 11.3 Å². The maximum absolute atomic E-state index is 11.3. The van der Waals surface area contributed by atoms with Crippen LogP contribution in [0.3, 0.4) is 0 Å². The molecule has 0 saturated heterocycles. The summed E-state index contributed by atoms with van der Waals surface area (Å²) in [5, 5.41) is 0. The highest BCUT2D eigenvalue weighted by molar-refractivity contribution is 6.32. The summed E-state index contributed by atoms with van der Waals surface area (Å²) in [6, 6.07) is 14.3. The first-order valence-corrected chi connectivity index (χ1v) is 5.84. The smallest absolute Gasteiger partial charge is 0.337 e. The van der Waals surface area contributed by atoms with Gasteiger partial charge in [-0.1, -0.05) is 29.7 Å². The van der Waals surface area contributed by atoms with Crippen molar-refractivity contribution in [1.82, 2.24) is 0 Å². The van der Waals surface area contributed by atoms with E-state index in [0.717, 1.165) is 11.3 Å². The van der Waals surface area contributed by atoms with Gasteiger partial charge in [0.15, 0.2) is 0 Å². The van der Waals surface area contributed by atoms with E-state index >= 15 is 0 Å². The molecule has 0 bridgehead atoms. The van der Waals surface area contributed by atoms with Crippen LogP contribution in [0.15, 0.2) is 48.5 Å². The topological polar surface area (TPSA) is 35.5 Å². The highest BCUT2D eigenvalue weighted by Gasteiger charge is 2.04. The van der Waals surface area contributed by atoms with E-state index in [9.17, 15) is 4.79 Å². The van der Waals surface area contributed by atoms with Crippen molar-refractivity contribution in [3.05, 3.63) is 59.7 Å². The first-order valence-electron chi connectivity index (χ1n) is 5.84. The summed E-state index contributed by atoms with van der Waals surface area (Å²) >= 11 is 0. The lowest BCUT2D eigenvalue weighted by Gasteiger charge is -2.07. The fourth-order valence-corrected chi connectivity index (χ4v) is 1.63. The number of carbonyl (C=O) groups excluding carboxylic acids is 1. The highest BCUT2D eigenvalue weighted by Crippen LogP contribution is 2.11. The summed E-state index contributed by atoms with van der Waals surface area (Å²) in [6.07, 6.45) is 0. The average Bonchev–Trinajstić information content (AvgIpc) is 2.45. The van der Waals surface area contributed by atoms with E-state index in [1.807, 2.05) is 24.3 Å². The van der Waals surface area contributed by atoms with E-state index in [1.54, 1.807) is 24.3 Å². The molecule has 0 spiro atoms. The predicted octanol–water partition coefficient (Wildman–Crippen LogP) is 1.85. The molecule has 0 aromatic heterocycles. The van der Waals surface area contributed by atoms with Crippen molar-refractivity contribution in [1.29, 1.82) is 0 Å². The van der Waals surface area contributed by atoms with Crippen molar-refractivity contribution in [2.75, 3.05) is 7.11 Å². The van der Waals surface area contributed by atoms with E-state index in [1.165, 1.54) is 7.11 Å². The van der Waals surface area contributed by atoms with Crippen LogP contribution < -0.4 is 10.2 Å². The lowest BCUT2D eigenvalue weighted by atomic mass is 9.96. The molecule has 0 saturated carbocycles. The van der Waals surface area contributed by atoms with Crippen LogP contribution >= 0.6 is 0 Å². The van der Waals surface area contributed by atoms with Crippen molar-refractivity contribution >= 4 is 19.3 Å². The normalized spacial score (nSPS) is 9.95. The fourth-order valence-electron chi connectivity index (χ4n) is 1.63. The Bertz CT molecular complexity index is 564. The van der Waals surface area contributed by atoms with Crippen molar-refractivity contribution in [2.45, 2.75) is 6.61 Å². The summed E-state index contributed by atoms with van der Waals surface area (Å²) < 4.78 is 10.2. The monoisotopic (exact) mass is 252 g/mol. The third kappa shape index (κ3) is 3.62. The molecule has 2 rings (SSSR count). The van der Waals surface area contributed by atoms with E-state index in [0.29, 0.717) is 17.6 Å². The van der Waals surface area contributed by atoms with Gasteiger partial charge in [0.2, 0.25) is 0 Å². The molecule has 0 aliphatic heterocycles. The van der Waals surface area contributed by atoms with Gasteiger partial charge in [-0.15, -0.1) is 0 Å². The molecule has 4 heteroatoms. The molecule has 2 aromatic rings. The molecule has 0 atom stereocenters. The van der Waals surface area contributed by atoms with Gasteiger partial charge in [0.25, 0.3) is 0 Å². The zero-order valence-corrected chi connectivity index (χ0v) is 10.6. The third-order valence-electron chi connectivity index (χ3n) is 2.64. The van der Waals surface area contributed by atoms with Crippen LogP contribution in [0.2, 0.25) is 0 Å². The van der Waals surface area contributed by atoms with Gasteiger partial charge >= 0.3 is 5.97 Å². The minimum Gasteiger partial charge on any atom is -0.489 e. The van der Waals surface area contributed by atoms with E-state index in [4.69, 9.17) is 12.6 Å². The molecule has 0 aliphatic carbocycles. The second kappa shape index (κ2) is 6.09. The Morgan fingerprint density at radius 1 is 1.16 bits per heavy atom. The van der Waals surface area contributed by atoms with Crippen LogP contribution in [0.25, 0.3) is 0 Å². The summed E-state index contributed by atoms with van der Waals surface area (Å²) in [5.41, 5.74) is 2.16. The summed E-state index contributed by atoms with van der Waals surface area (Å²) in [6.45, 7) is 0.422. The van der Waals surface area contributed by atoms with Gasteiger partial charge in [-0.25, -0.2) is 4.79 Å². The van der Waals surface area contributed by atoms with Gasteiger partial charge in [-0.2, -0.15) is 0 Å². The van der Waals surface area contributed by atoms with Crippen molar-refractivity contribution in [3.8, 4) is 5.75 Å². The second-order valence-corrected chi connectivity index (χ2v) is 4.05. The maximum Gasteiger partial charge on any atom is 0.337 e. The molecule has 0 N–H and O–H groups in total. The number of rotatable bonds is 4. The Kier molecular flexibility index (Phi) is 4.24. The molecule has 0 fully saturated rings. The van der Waals surface area contributed by atoms with E-state index in [2.05, 4.69) is 4.74 Å². The number of benzene rings is 2. The van der Waals surface area contributed by atoms with Crippen molar-refractivity contribution in [3.63, 3.8) is 0 Å². The fraction of sp³-hybridized carbons (Fsp3) is 0.133. The molecule has 2 aromatic carbocycles. The van der Waals surface area contributed by atoms with Crippen LogP contribution in [0, 0.1) is 0 Å². The summed E-state index contributed by atoms with van der Waals surface area (Å²) in [4.78, 5) is 11.3. The lowest BCUT2D eigenvalue weighted by molar-refractivity contribution is 0.0600. The molecular weight excluding hydrogens is 239 g/mol. The number of hydrogen-bond acceptors (Lipinski definition) is 3. The molecule has 94 valence electrons. The molecule has 0 amide bonds. The number of esters is 1. The van der Waals surface area contributed by atoms with Crippen LogP contribution in [0.5, 0.6) is 5.75 Å². The van der Waals surface area contributed by atoms with Crippen molar-refractivity contribution in [2.24, 2.45) is 0 Å². The largest absolute Gasteiger partial charge is 0.489 e. The molecule has 0 heterocycles. The summed E-state index contributed by atoms with van der Waals surface area (Å²) in [5.74, 6) is 0.375. The molecular formula is C15H13BO3. The van der Waals surface area contributed by atoms with Gasteiger partial charge in [-0.3, -0.25) is 0 Å². The van der Waals surface area contributed by atoms with E-state index < -0.39 is 0 Å². The predicted molar refractivity (Wildman–Crippen MR) is 73.9 cm³/mol. The Hall–Kier alpha value is -2.23. The van der Waals surface area contributed by atoms with Gasteiger partial charge in [-0.05, 0) is 29.8 Å². The molecule has 19 heavy (non-hydrogen) atoms. The number of ether oxygens (including phenoxy) is 2. The molecule has 3 nitrogen and oxygen atoms in total. The Balaban J connectivity index is 1.98. The number of carbonyl (C=O) groups is 1. The maximum atomic E-state index is 11.3.